The minimum atomic E-state index is -3.29. The fourth-order valence-electron chi connectivity index (χ4n) is 2.77. The topological polar surface area (TPSA) is 59.4 Å². The quantitative estimate of drug-likeness (QED) is 0.683. The molecule has 1 aliphatic heterocycles. The van der Waals surface area contributed by atoms with E-state index in [9.17, 15) is 8.42 Å². The average molecular weight is 440 g/mol. The lowest BCUT2D eigenvalue weighted by Crippen LogP contribution is -2.22. The largest absolute Gasteiger partial charge is 0.258 e. The van der Waals surface area contributed by atoms with Crippen molar-refractivity contribution in [2.45, 2.75) is 25.2 Å². The van der Waals surface area contributed by atoms with Gasteiger partial charge in [-0.2, -0.15) is 0 Å². The summed E-state index contributed by atoms with van der Waals surface area (Å²) in [6.07, 6.45) is 2.60. The van der Waals surface area contributed by atoms with E-state index in [1.165, 1.54) is 0 Å². The first-order valence-corrected chi connectivity index (χ1v) is 10.2. The Morgan fingerprint density at radius 2 is 2.04 bits per heavy atom. The molecular weight excluding hydrogens is 423 g/mol. The Morgan fingerprint density at radius 1 is 1.30 bits per heavy atom. The number of pyridine rings is 1. The van der Waals surface area contributed by atoms with Crippen molar-refractivity contribution in [2.75, 3.05) is 5.75 Å². The van der Waals surface area contributed by atoms with Crippen molar-refractivity contribution in [1.82, 2.24) is 4.98 Å². The molecule has 2 heterocycles. The third kappa shape index (κ3) is 3.19. The molecule has 2 aromatic rings. The molecule has 120 valence electrons. The van der Waals surface area contributed by atoms with Crippen LogP contribution in [0.3, 0.4) is 0 Å². The highest BCUT2D eigenvalue weighted by Gasteiger charge is 2.26. The van der Waals surface area contributed by atoms with Gasteiger partial charge in [-0.3, -0.25) is 9.98 Å². The molecule has 3 rings (SSSR count). The van der Waals surface area contributed by atoms with Crippen molar-refractivity contribution in [3.63, 3.8) is 0 Å². The molecule has 0 N–H and O–H groups in total. The first-order valence-electron chi connectivity index (χ1n) is 7.47. The number of hydrogen-bond acceptors (Lipinski definition) is 4. The molecule has 1 atom stereocenters. The van der Waals surface area contributed by atoms with Gasteiger partial charge in [-0.15, -0.1) is 0 Å². The van der Waals surface area contributed by atoms with Crippen LogP contribution in [0.4, 0.5) is 5.69 Å². The highest BCUT2D eigenvalue weighted by molar-refractivity contribution is 14.1. The van der Waals surface area contributed by atoms with E-state index >= 15 is 0 Å². The van der Waals surface area contributed by atoms with Crippen LogP contribution < -0.4 is 0 Å². The van der Waals surface area contributed by atoms with Crippen molar-refractivity contribution in [3.05, 3.63) is 51.4 Å². The molecule has 0 fully saturated rings. The van der Waals surface area contributed by atoms with Crippen LogP contribution in [-0.4, -0.2) is 24.9 Å². The van der Waals surface area contributed by atoms with Crippen molar-refractivity contribution < 1.29 is 8.42 Å². The standard InChI is InChI=1S/C17H17IN2O2S/c1-3-23(21,22)16-7-5-4-6-13(16)17-11(2)8-14-15(20-17)9-12(18)10-19-14/h4-7,9-11H,3,8H2,1-2H3. The Balaban J connectivity index is 2.20. The van der Waals surface area contributed by atoms with Crippen LogP contribution in [0, 0.1) is 9.49 Å². The fourth-order valence-corrected chi connectivity index (χ4v) is 4.31. The summed E-state index contributed by atoms with van der Waals surface area (Å²) in [5.74, 6) is 0.213. The van der Waals surface area contributed by atoms with Gasteiger partial charge in [0.2, 0.25) is 0 Å². The molecule has 0 saturated carbocycles. The SMILES string of the molecule is CCS(=O)(=O)c1ccccc1C1=Nc2cc(I)cnc2CC1C. The van der Waals surface area contributed by atoms with E-state index in [0.717, 1.165) is 27.1 Å². The molecule has 23 heavy (non-hydrogen) atoms. The Hall–Kier alpha value is -1.28. The minimum absolute atomic E-state index is 0.0850. The number of aliphatic imine (C=N–C) groups is 1. The number of aromatic nitrogens is 1. The Bertz CT molecular complexity index is 891. The maximum Gasteiger partial charge on any atom is 0.178 e. The van der Waals surface area contributed by atoms with E-state index in [2.05, 4.69) is 34.5 Å². The number of fused-ring (bicyclic) bond motifs is 1. The number of rotatable bonds is 3. The van der Waals surface area contributed by atoms with Crippen LogP contribution in [0.5, 0.6) is 0 Å². The van der Waals surface area contributed by atoms with Crippen LogP contribution in [0.25, 0.3) is 0 Å². The summed E-state index contributed by atoms with van der Waals surface area (Å²) in [5.41, 5.74) is 3.35. The molecular formula is C17H17IN2O2S. The average Bonchev–Trinajstić information content (AvgIpc) is 2.54. The first-order chi connectivity index (χ1) is 10.9. The molecule has 0 spiro atoms. The van der Waals surface area contributed by atoms with Gasteiger partial charge in [-0.1, -0.05) is 32.0 Å². The molecule has 1 aliphatic rings. The van der Waals surface area contributed by atoms with Gasteiger partial charge in [0.05, 0.1) is 27.7 Å². The zero-order valence-corrected chi connectivity index (χ0v) is 15.9. The second kappa shape index (κ2) is 6.32. The smallest absolute Gasteiger partial charge is 0.178 e. The molecule has 0 aliphatic carbocycles. The summed E-state index contributed by atoms with van der Waals surface area (Å²) >= 11 is 2.21. The fraction of sp³-hybridized carbons (Fsp3) is 0.294. The third-order valence-electron chi connectivity index (χ3n) is 4.00. The number of sulfone groups is 1. The van der Waals surface area contributed by atoms with Gasteiger partial charge in [0.25, 0.3) is 0 Å². The van der Waals surface area contributed by atoms with Crippen molar-refractivity contribution in [2.24, 2.45) is 10.9 Å². The van der Waals surface area contributed by atoms with Gasteiger partial charge in [0.15, 0.2) is 9.84 Å². The summed E-state index contributed by atoms with van der Waals surface area (Å²) in [4.78, 5) is 9.57. The Kier molecular flexibility index (Phi) is 4.55. The minimum Gasteiger partial charge on any atom is -0.258 e. The number of nitrogens with zero attached hydrogens (tertiary/aromatic N) is 2. The van der Waals surface area contributed by atoms with E-state index in [0.29, 0.717) is 10.5 Å². The molecule has 1 aromatic carbocycles. The Morgan fingerprint density at radius 3 is 2.78 bits per heavy atom. The van der Waals surface area contributed by atoms with Crippen LogP contribution >= 0.6 is 22.6 Å². The highest BCUT2D eigenvalue weighted by atomic mass is 127. The van der Waals surface area contributed by atoms with Crippen LogP contribution in [0.2, 0.25) is 0 Å². The maximum atomic E-state index is 12.4. The number of benzene rings is 1. The predicted molar refractivity (Wildman–Crippen MR) is 100 cm³/mol. The molecule has 1 unspecified atom stereocenters. The summed E-state index contributed by atoms with van der Waals surface area (Å²) in [6, 6.07) is 9.14. The van der Waals surface area contributed by atoms with Gasteiger partial charge in [-0.05, 0) is 41.1 Å². The second-order valence-corrected chi connectivity index (χ2v) is 9.11. The van der Waals surface area contributed by atoms with Gasteiger partial charge in [0.1, 0.15) is 0 Å². The van der Waals surface area contributed by atoms with Crippen LogP contribution in [-0.2, 0) is 16.3 Å². The lowest BCUT2D eigenvalue weighted by atomic mass is 9.91. The third-order valence-corrected chi connectivity index (χ3v) is 6.38. The summed E-state index contributed by atoms with van der Waals surface area (Å²) in [6.45, 7) is 3.73. The molecule has 6 heteroatoms. The van der Waals surface area contributed by atoms with Gasteiger partial charge >= 0.3 is 0 Å². The lowest BCUT2D eigenvalue weighted by Gasteiger charge is -2.23. The monoisotopic (exact) mass is 440 g/mol. The van der Waals surface area contributed by atoms with E-state index in [-0.39, 0.29) is 11.7 Å². The Labute approximate surface area is 150 Å². The van der Waals surface area contributed by atoms with E-state index in [1.807, 2.05) is 24.4 Å². The lowest BCUT2D eigenvalue weighted by molar-refractivity contribution is 0.597. The number of hydrogen-bond donors (Lipinski definition) is 0. The predicted octanol–water partition coefficient (Wildman–Crippen LogP) is 3.79. The molecule has 0 saturated heterocycles. The molecule has 4 nitrogen and oxygen atoms in total. The zero-order chi connectivity index (χ0) is 16.6. The zero-order valence-electron chi connectivity index (χ0n) is 13.0. The van der Waals surface area contributed by atoms with Gasteiger partial charge in [0, 0.05) is 21.2 Å². The van der Waals surface area contributed by atoms with Crippen molar-refractivity contribution in [1.29, 1.82) is 0 Å². The van der Waals surface area contributed by atoms with Crippen molar-refractivity contribution >= 4 is 43.8 Å². The van der Waals surface area contributed by atoms with Gasteiger partial charge in [-0.25, -0.2) is 8.42 Å². The van der Waals surface area contributed by atoms with E-state index < -0.39 is 9.84 Å². The van der Waals surface area contributed by atoms with Crippen LogP contribution in [0.15, 0.2) is 46.4 Å². The van der Waals surface area contributed by atoms with E-state index in [4.69, 9.17) is 4.99 Å². The van der Waals surface area contributed by atoms with E-state index in [1.54, 1.807) is 19.1 Å². The first kappa shape index (κ1) is 16.6. The van der Waals surface area contributed by atoms with Gasteiger partial charge < -0.3 is 0 Å². The molecule has 1 aromatic heterocycles. The molecule has 0 amide bonds. The normalized spacial score (nSPS) is 17.5. The maximum absolute atomic E-state index is 12.4. The van der Waals surface area contributed by atoms with Crippen molar-refractivity contribution in [3.8, 4) is 0 Å². The number of halogens is 1. The summed E-state index contributed by atoms with van der Waals surface area (Å²) in [5, 5.41) is 0. The second-order valence-electron chi connectivity index (χ2n) is 5.62. The molecule has 0 bridgehead atoms. The summed E-state index contributed by atoms with van der Waals surface area (Å²) in [7, 11) is -3.29. The van der Waals surface area contributed by atoms with Crippen LogP contribution in [0.1, 0.15) is 25.1 Å². The highest BCUT2D eigenvalue weighted by Crippen LogP contribution is 2.32. The molecule has 0 radical (unpaired) electrons. The summed E-state index contributed by atoms with van der Waals surface area (Å²) < 4.78 is 25.8.